The third-order valence-electron chi connectivity index (χ3n) is 16.0. The molecule has 12 aromatic carbocycles. The molecule has 0 aliphatic carbocycles. The van der Waals surface area contributed by atoms with Gasteiger partial charge < -0.3 is 4.57 Å². The van der Waals surface area contributed by atoms with Gasteiger partial charge in [-0.25, -0.2) is 0 Å². The Morgan fingerprint density at radius 2 is 0.662 bits per heavy atom. The molecule has 1 aromatic heterocycles. The fraction of sp³-hybridized carbons (Fsp3) is 0.0789. The topological polar surface area (TPSA) is 4.93 Å². The van der Waals surface area contributed by atoms with Crippen molar-refractivity contribution in [3.63, 3.8) is 0 Å². The average molecular weight is 986 g/mol. The molecule has 13 aromatic rings. The number of aromatic nitrogens is 1. The lowest BCUT2D eigenvalue weighted by molar-refractivity contribution is 0.591. The van der Waals surface area contributed by atoms with Crippen LogP contribution in [0.4, 0.5) is 0 Å². The summed E-state index contributed by atoms with van der Waals surface area (Å²) in [4.78, 5) is 0. The maximum atomic E-state index is 2.46. The molecule has 0 N–H and O–H groups in total. The molecule has 77 heavy (non-hydrogen) atoms. The summed E-state index contributed by atoms with van der Waals surface area (Å²) >= 11 is 0. The first-order chi connectivity index (χ1) is 37.7. The summed E-state index contributed by atoms with van der Waals surface area (Å²) in [5.41, 5.74) is 24.4. The Morgan fingerprint density at radius 3 is 1.09 bits per heavy atom. The zero-order chi connectivity index (χ0) is 52.2. The van der Waals surface area contributed by atoms with E-state index in [0.717, 1.165) is 5.69 Å². The Balaban J connectivity index is 0.878. The first-order valence-corrected chi connectivity index (χ1v) is 27.0. The summed E-state index contributed by atoms with van der Waals surface area (Å²) in [6, 6.07) is 96.7. The average Bonchev–Trinajstić information content (AvgIpc) is 3.88. The van der Waals surface area contributed by atoms with E-state index in [1.165, 1.54) is 138 Å². The van der Waals surface area contributed by atoms with Gasteiger partial charge in [0, 0.05) is 16.5 Å². The number of nitrogens with zero attached hydrogens (tertiary/aromatic N) is 1. The second kappa shape index (κ2) is 19.4. The molecule has 0 unspecified atom stereocenters. The van der Waals surface area contributed by atoms with Gasteiger partial charge in [-0.2, -0.15) is 0 Å². The monoisotopic (exact) mass is 985 g/mol. The molecule has 1 heterocycles. The fourth-order valence-electron chi connectivity index (χ4n) is 11.6. The maximum Gasteiger partial charge on any atom is 0.0541 e. The van der Waals surface area contributed by atoms with Crippen molar-refractivity contribution in [2.45, 2.75) is 40.0 Å². The minimum absolute atomic E-state index is 0.0252. The highest BCUT2D eigenvalue weighted by atomic mass is 15.0. The molecule has 0 radical (unpaired) electrons. The van der Waals surface area contributed by atoms with E-state index in [4.69, 9.17) is 0 Å². The van der Waals surface area contributed by atoms with Crippen molar-refractivity contribution in [3.8, 4) is 83.6 Å². The second-order valence-corrected chi connectivity index (χ2v) is 21.7. The molecule has 0 saturated carbocycles. The highest BCUT2D eigenvalue weighted by Gasteiger charge is 2.22. The highest BCUT2D eigenvalue weighted by molar-refractivity contribution is 6.22. The largest absolute Gasteiger partial charge is 0.309 e. The maximum absolute atomic E-state index is 2.46. The first-order valence-electron chi connectivity index (χ1n) is 27.0. The van der Waals surface area contributed by atoms with E-state index in [9.17, 15) is 0 Å². The van der Waals surface area contributed by atoms with Crippen molar-refractivity contribution in [1.82, 2.24) is 4.57 Å². The molecule has 0 aliphatic rings. The number of fused-ring (bicyclic) bond motifs is 5. The summed E-state index contributed by atoms with van der Waals surface area (Å²) < 4.78 is 2.40. The number of hydrogen-bond acceptors (Lipinski definition) is 0. The summed E-state index contributed by atoms with van der Waals surface area (Å²) in [5.74, 6) is 0. The lowest BCUT2D eigenvalue weighted by Gasteiger charge is -2.23. The van der Waals surface area contributed by atoms with Crippen LogP contribution < -0.4 is 0 Å². The van der Waals surface area contributed by atoms with Crippen LogP contribution in [0.15, 0.2) is 267 Å². The van der Waals surface area contributed by atoms with Gasteiger partial charge in [-0.3, -0.25) is 0 Å². The molecule has 0 fully saturated rings. The second-order valence-electron chi connectivity index (χ2n) is 21.7. The third kappa shape index (κ3) is 8.74. The minimum Gasteiger partial charge on any atom is -0.309 e. The van der Waals surface area contributed by atoms with E-state index in [2.05, 4.69) is 306 Å². The summed E-state index contributed by atoms with van der Waals surface area (Å²) in [6.07, 6.45) is 2.22. The quantitative estimate of drug-likeness (QED) is 0.127. The van der Waals surface area contributed by atoms with Gasteiger partial charge in [0.1, 0.15) is 0 Å². The SMILES string of the molecule is C/C=C(/C)c1ccc2c(-c3ccc(-c4ccc(-c5ccccc5)cc4)cc3)c3cc(C(C)(C)C)ccc3c(-c3ccc(-c4ccc(-c5ccc6c(c5)c5cc(-c7ccccc7)ccc5n6-c5ccccc5)cc4)cc3)c2c1. The number of rotatable bonds is 9. The molecule has 0 saturated heterocycles. The van der Waals surface area contributed by atoms with Gasteiger partial charge in [0.2, 0.25) is 0 Å². The number of hydrogen-bond donors (Lipinski definition) is 0. The van der Waals surface area contributed by atoms with Crippen LogP contribution in [0.3, 0.4) is 0 Å². The standard InChI is InChI=1S/C76H59N/c1-6-50(2)61-38-42-66-70(46-61)74(67-43-41-64(76(3,4)5)49-71(67)75(66)60-36-32-56(33-37-60)54-24-22-53(23-25-54)51-16-10-7-11-17-51)59-34-30-57(31-35-59)55-26-28-58(29-27-55)63-40-45-73-69(48-63)68-47-62(52-18-12-8-13-19-52)39-44-72(68)77(73)65-20-14-9-15-21-65/h6-49H,1-5H3/b50-6-. The molecule has 0 bridgehead atoms. The van der Waals surface area contributed by atoms with Crippen LogP contribution >= 0.6 is 0 Å². The van der Waals surface area contributed by atoms with Crippen LogP contribution in [0, 0.1) is 0 Å². The van der Waals surface area contributed by atoms with Crippen molar-refractivity contribution in [2.75, 3.05) is 0 Å². The highest BCUT2D eigenvalue weighted by Crippen LogP contribution is 2.47. The van der Waals surface area contributed by atoms with Gasteiger partial charge in [0.15, 0.2) is 0 Å². The summed E-state index contributed by atoms with van der Waals surface area (Å²) in [5, 5.41) is 7.53. The first kappa shape index (κ1) is 47.4. The molecule has 1 nitrogen and oxygen atoms in total. The zero-order valence-electron chi connectivity index (χ0n) is 44.4. The molecule has 1 heteroatoms. The predicted molar refractivity (Wildman–Crippen MR) is 332 cm³/mol. The molecular formula is C76H59N. The van der Waals surface area contributed by atoms with E-state index in [0.29, 0.717) is 0 Å². The van der Waals surface area contributed by atoms with E-state index in [1.54, 1.807) is 0 Å². The minimum atomic E-state index is -0.0252. The van der Waals surface area contributed by atoms with Gasteiger partial charge in [-0.15, -0.1) is 0 Å². The number of para-hydroxylation sites is 1. The summed E-state index contributed by atoms with van der Waals surface area (Å²) in [7, 11) is 0. The van der Waals surface area contributed by atoms with Crippen molar-refractivity contribution in [2.24, 2.45) is 0 Å². The Kier molecular flexibility index (Phi) is 12.0. The van der Waals surface area contributed by atoms with Crippen molar-refractivity contribution < 1.29 is 0 Å². The van der Waals surface area contributed by atoms with Crippen molar-refractivity contribution in [1.29, 1.82) is 0 Å². The van der Waals surface area contributed by atoms with Crippen LogP contribution in [0.2, 0.25) is 0 Å². The van der Waals surface area contributed by atoms with E-state index < -0.39 is 0 Å². The Bertz CT molecular complexity index is 4340. The van der Waals surface area contributed by atoms with Crippen LogP contribution in [-0.2, 0) is 5.41 Å². The number of allylic oxidation sites excluding steroid dienone is 2. The van der Waals surface area contributed by atoms with Crippen molar-refractivity contribution in [3.05, 3.63) is 278 Å². The lowest BCUT2D eigenvalue weighted by Crippen LogP contribution is -2.10. The van der Waals surface area contributed by atoms with Crippen LogP contribution in [0.25, 0.3) is 132 Å². The van der Waals surface area contributed by atoms with Crippen LogP contribution in [0.1, 0.15) is 45.7 Å². The van der Waals surface area contributed by atoms with Gasteiger partial charge >= 0.3 is 0 Å². The molecular weight excluding hydrogens is 927 g/mol. The van der Waals surface area contributed by atoms with E-state index >= 15 is 0 Å². The molecule has 0 amide bonds. The third-order valence-corrected chi connectivity index (χ3v) is 16.0. The molecule has 13 rings (SSSR count). The molecule has 0 aliphatic heterocycles. The van der Waals surface area contributed by atoms with E-state index in [1.807, 2.05) is 0 Å². The molecule has 368 valence electrons. The summed E-state index contributed by atoms with van der Waals surface area (Å²) in [6.45, 7) is 11.3. The molecule has 0 atom stereocenters. The van der Waals surface area contributed by atoms with Crippen LogP contribution in [0.5, 0.6) is 0 Å². The smallest absolute Gasteiger partial charge is 0.0541 e. The van der Waals surface area contributed by atoms with Gasteiger partial charge in [-0.05, 0) is 184 Å². The number of benzene rings is 12. The Labute approximate surface area is 452 Å². The van der Waals surface area contributed by atoms with E-state index in [-0.39, 0.29) is 5.41 Å². The Hall–Kier alpha value is -9.30. The fourth-order valence-corrected chi connectivity index (χ4v) is 11.6. The Morgan fingerprint density at radius 1 is 0.312 bits per heavy atom. The predicted octanol–water partition coefficient (Wildman–Crippen LogP) is 21.5. The lowest BCUT2D eigenvalue weighted by atomic mass is 9.80. The normalized spacial score (nSPS) is 12.0. The molecule has 0 spiro atoms. The zero-order valence-corrected chi connectivity index (χ0v) is 44.4. The van der Waals surface area contributed by atoms with Gasteiger partial charge in [-0.1, -0.05) is 239 Å². The van der Waals surface area contributed by atoms with Crippen molar-refractivity contribution >= 4 is 48.9 Å². The van der Waals surface area contributed by atoms with Crippen LogP contribution in [-0.4, -0.2) is 4.57 Å². The van der Waals surface area contributed by atoms with Gasteiger partial charge in [0.25, 0.3) is 0 Å². The van der Waals surface area contributed by atoms with Gasteiger partial charge in [0.05, 0.1) is 11.0 Å².